The summed E-state index contributed by atoms with van der Waals surface area (Å²) in [4.78, 5) is 30.2. The van der Waals surface area contributed by atoms with E-state index in [-0.39, 0.29) is 11.8 Å². The molecule has 1 atom stereocenters. The number of carbonyl (C=O) groups excluding carboxylic acids is 2. The van der Waals surface area contributed by atoms with Gasteiger partial charge in [0.1, 0.15) is 5.70 Å². The van der Waals surface area contributed by atoms with Crippen molar-refractivity contribution in [1.82, 2.24) is 4.90 Å². The number of amides is 2. The van der Waals surface area contributed by atoms with Gasteiger partial charge in [-0.05, 0) is 42.5 Å². The maximum atomic E-state index is 13.4. The Morgan fingerprint density at radius 3 is 2.48 bits per heavy atom. The standard InChI is InChI=1S/C22H21BrN2O2/c1-15-7-6-12-24(14-15)20-19(16-8-3-2-4-9-16)21(26)25(22(20)27)18-11-5-10-17(23)13-18/h2-5,8-11,13,15H,6-7,12,14H2,1H3. The summed E-state index contributed by atoms with van der Waals surface area (Å²) >= 11 is 3.44. The molecule has 0 aliphatic carbocycles. The molecule has 0 N–H and O–H groups in total. The second-order valence-corrected chi connectivity index (χ2v) is 8.12. The number of likely N-dealkylation sites (tertiary alicyclic amines) is 1. The predicted octanol–water partition coefficient (Wildman–Crippen LogP) is 4.47. The number of nitrogens with zero attached hydrogens (tertiary/aromatic N) is 2. The van der Waals surface area contributed by atoms with E-state index in [4.69, 9.17) is 0 Å². The summed E-state index contributed by atoms with van der Waals surface area (Å²) in [6, 6.07) is 16.8. The molecule has 2 aromatic rings. The van der Waals surface area contributed by atoms with Crippen LogP contribution in [0.2, 0.25) is 0 Å². The van der Waals surface area contributed by atoms with Gasteiger partial charge in [0.05, 0.1) is 11.3 Å². The Balaban J connectivity index is 1.83. The largest absolute Gasteiger partial charge is 0.366 e. The molecule has 2 heterocycles. The zero-order valence-electron chi connectivity index (χ0n) is 15.2. The maximum Gasteiger partial charge on any atom is 0.282 e. The molecule has 4 nitrogen and oxygen atoms in total. The number of halogens is 1. The van der Waals surface area contributed by atoms with Crippen LogP contribution in [0.5, 0.6) is 0 Å². The normalized spacial score (nSPS) is 20.6. The molecule has 2 aromatic carbocycles. The van der Waals surface area contributed by atoms with Gasteiger partial charge in [0, 0.05) is 17.6 Å². The Bertz CT molecular complexity index is 923. The van der Waals surface area contributed by atoms with Crippen LogP contribution in [0.15, 0.2) is 64.8 Å². The van der Waals surface area contributed by atoms with Crippen molar-refractivity contribution in [3.63, 3.8) is 0 Å². The van der Waals surface area contributed by atoms with Crippen LogP contribution in [-0.2, 0) is 9.59 Å². The average molecular weight is 425 g/mol. The highest BCUT2D eigenvalue weighted by atomic mass is 79.9. The van der Waals surface area contributed by atoms with Crippen molar-refractivity contribution in [3.8, 4) is 0 Å². The number of hydrogen-bond acceptors (Lipinski definition) is 3. The second kappa shape index (κ2) is 7.31. The van der Waals surface area contributed by atoms with Crippen LogP contribution in [0.25, 0.3) is 5.57 Å². The molecule has 2 amide bonds. The molecule has 1 fully saturated rings. The smallest absolute Gasteiger partial charge is 0.282 e. The van der Waals surface area contributed by atoms with E-state index in [1.165, 1.54) is 4.90 Å². The van der Waals surface area contributed by atoms with Crippen molar-refractivity contribution in [1.29, 1.82) is 0 Å². The zero-order valence-corrected chi connectivity index (χ0v) is 16.8. The quantitative estimate of drug-likeness (QED) is 0.682. The van der Waals surface area contributed by atoms with E-state index >= 15 is 0 Å². The number of imide groups is 1. The molecule has 0 aromatic heterocycles. The summed E-state index contributed by atoms with van der Waals surface area (Å²) in [6.45, 7) is 3.81. The lowest BCUT2D eigenvalue weighted by atomic mass is 9.98. The summed E-state index contributed by atoms with van der Waals surface area (Å²) in [5.41, 5.74) is 2.43. The number of piperidine rings is 1. The molecule has 0 spiro atoms. The van der Waals surface area contributed by atoms with Crippen LogP contribution in [0.1, 0.15) is 25.3 Å². The van der Waals surface area contributed by atoms with E-state index in [2.05, 4.69) is 27.8 Å². The molecule has 5 heteroatoms. The number of anilines is 1. The molecule has 138 valence electrons. The molecule has 2 aliphatic rings. The first-order valence-corrected chi connectivity index (χ1v) is 10.0. The van der Waals surface area contributed by atoms with Crippen molar-refractivity contribution in [2.45, 2.75) is 19.8 Å². The van der Waals surface area contributed by atoms with Crippen molar-refractivity contribution >= 4 is 39.0 Å². The Morgan fingerprint density at radius 2 is 1.78 bits per heavy atom. The second-order valence-electron chi connectivity index (χ2n) is 7.21. The zero-order chi connectivity index (χ0) is 19.0. The van der Waals surface area contributed by atoms with Gasteiger partial charge < -0.3 is 4.90 Å². The van der Waals surface area contributed by atoms with Crippen LogP contribution in [-0.4, -0.2) is 29.8 Å². The van der Waals surface area contributed by atoms with Gasteiger partial charge in [-0.2, -0.15) is 0 Å². The highest BCUT2D eigenvalue weighted by Gasteiger charge is 2.43. The molecule has 0 saturated carbocycles. The lowest BCUT2D eigenvalue weighted by Crippen LogP contribution is -2.39. The minimum absolute atomic E-state index is 0.231. The Labute approximate surface area is 167 Å². The predicted molar refractivity (Wildman–Crippen MR) is 110 cm³/mol. The van der Waals surface area contributed by atoms with Gasteiger partial charge in [-0.3, -0.25) is 9.59 Å². The van der Waals surface area contributed by atoms with E-state index in [1.54, 1.807) is 12.1 Å². The van der Waals surface area contributed by atoms with Crippen molar-refractivity contribution in [3.05, 3.63) is 70.3 Å². The van der Waals surface area contributed by atoms with Gasteiger partial charge in [0.25, 0.3) is 11.8 Å². The summed E-state index contributed by atoms with van der Waals surface area (Å²) in [5, 5.41) is 0. The Kier molecular flexibility index (Phi) is 4.87. The molecule has 0 bridgehead atoms. The molecule has 2 aliphatic heterocycles. The summed E-state index contributed by atoms with van der Waals surface area (Å²) < 4.78 is 0.835. The lowest BCUT2D eigenvalue weighted by molar-refractivity contribution is -0.120. The van der Waals surface area contributed by atoms with E-state index in [0.717, 1.165) is 36.0 Å². The minimum atomic E-state index is -0.252. The van der Waals surface area contributed by atoms with Crippen molar-refractivity contribution < 1.29 is 9.59 Å². The topological polar surface area (TPSA) is 40.6 Å². The fourth-order valence-corrected chi connectivity index (χ4v) is 4.31. The van der Waals surface area contributed by atoms with Gasteiger partial charge in [0.15, 0.2) is 0 Å². The number of rotatable bonds is 3. The monoisotopic (exact) mass is 424 g/mol. The first-order valence-electron chi connectivity index (χ1n) is 9.25. The van der Waals surface area contributed by atoms with Gasteiger partial charge in [-0.25, -0.2) is 4.90 Å². The SMILES string of the molecule is CC1CCCN(C2=C(c3ccccc3)C(=O)N(c3cccc(Br)c3)C2=O)C1. The first kappa shape index (κ1) is 18.0. The molecule has 4 rings (SSSR count). The van der Waals surface area contributed by atoms with Crippen molar-refractivity contribution in [2.24, 2.45) is 5.92 Å². The Morgan fingerprint density at radius 1 is 1.00 bits per heavy atom. The Hall–Kier alpha value is -2.40. The maximum absolute atomic E-state index is 13.4. The van der Waals surface area contributed by atoms with Gasteiger partial charge >= 0.3 is 0 Å². The third-order valence-corrected chi connectivity index (χ3v) is 5.65. The minimum Gasteiger partial charge on any atom is -0.366 e. The molecule has 27 heavy (non-hydrogen) atoms. The van der Waals surface area contributed by atoms with Crippen LogP contribution < -0.4 is 4.90 Å². The first-order chi connectivity index (χ1) is 13.1. The number of hydrogen-bond donors (Lipinski definition) is 0. The fourth-order valence-electron chi connectivity index (χ4n) is 3.92. The number of benzene rings is 2. The van der Waals surface area contributed by atoms with Crippen LogP contribution in [0.3, 0.4) is 0 Å². The van der Waals surface area contributed by atoms with E-state index in [1.807, 2.05) is 42.5 Å². The van der Waals surface area contributed by atoms with E-state index in [0.29, 0.717) is 22.9 Å². The summed E-state index contributed by atoms with van der Waals surface area (Å²) in [6.07, 6.45) is 2.19. The third-order valence-electron chi connectivity index (χ3n) is 5.16. The summed E-state index contributed by atoms with van der Waals surface area (Å²) in [5.74, 6) is 0.0228. The van der Waals surface area contributed by atoms with Crippen LogP contribution in [0, 0.1) is 5.92 Å². The average Bonchev–Trinajstić information content (AvgIpc) is 2.93. The molecular weight excluding hydrogens is 404 g/mol. The van der Waals surface area contributed by atoms with Crippen molar-refractivity contribution in [2.75, 3.05) is 18.0 Å². The molecule has 0 radical (unpaired) electrons. The fraction of sp³-hybridized carbons (Fsp3) is 0.273. The molecule has 1 saturated heterocycles. The highest BCUT2D eigenvalue weighted by Crippen LogP contribution is 2.36. The molecular formula is C22H21BrN2O2. The van der Waals surface area contributed by atoms with Crippen LogP contribution >= 0.6 is 15.9 Å². The highest BCUT2D eigenvalue weighted by molar-refractivity contribution is 9.10. The lowest BCUT2D eigenvalue weighted by Gasteiger charge is -2.33. The van der Waals surface area contributed by atoms with E-state index in [9.17, 15) is 9.59 Å². The summed E-state index contributed by atoms with van der Waals surface area (Å²) in [7, 11) is 0. The van der Waals surface area contributed by atoms with Gasteiger partial charge in [-0.15, -0.1) is 0 Å². The van der Waals surface area contributed by atoms with E-state index < -0.39 is 0 Å². The van der Waals surface area contributed by atoms with Gasteiger partial charge in [-0.1, -0.05) is 59.3 Å². The molecule has 1 unspecified atom stereocenters. The number of carbonyl (C=O) groups is 2. The third kappa shape index (κ3) is 3.32. The van der Waals surface area contributed by atoms with Gasteiger partial charge in [0.2, 0.25) is 0 Å². The van der Waals surface area contributed by atoms with Crippen LogP contribution in [0.4, 0.5) is 5.69 Å².